The summed E-state index contributed by atoms with van der Waals surface area (Å²) in [5.74, 6) is -0.139. The van der Waals surface area contributed by atoms with Gasteiger partial charge in [-0.1, -0.05) is 6.92 Å². The third-order valence-electron chi connectivity index (χ3n) is 1.64. The molecule has 0 aliphatic rings. The highest BCUT2D eigenvalue weighted by Gasteiger charge is 2.43. The lowest BCUT2D eigenvalue weighted by atomic mass is 10.2. The zero-order chi connectivity index (χ0) is 10.8. The molecule has 1 aromatic rings. The van der Waals surface area contributed by atoms with E-state index >= 15 is 0 Å². The summed E-state index contributed by atoms with van der Waals surface area (Å²) >= 11 is 3.00. The molecule has 0 radical (unpaired) electrons. The van der Waals surface area contributed by atoms with Crippen molar-refractivity contribution in [3.63, 3.8) is 0 Å². The maximum Gasteiger partial charge on any atom is 0.411 e. The average molecular weight is 272 g/mol. The molecule has 0 aromatic carbocycles. The lowest BCUT2D eigenvalue weighted by molar-refractivity contribution is -0.161. The van der Waals surface area contributed by atoms with Gasteiger partial charge in [0.2, 0.25) is 0 Å². The molecule has 0 fully saturated rings. The molecular formula is C8H9BrF3NO. The maximum atomic E-state index is 12.5. The van der Waals surface area contributed by atoms with Crippen molar-refractivity contribution in [3.05, 3.63) is 22.6 Å². The van der Waals surface area contributed by atoms with E-state index in [1.165, 1.54) is 12.3 Å². The number of hydrogen-bond donors (Lipinski definition) is 1. The quantitative estimate of drug-likeness (QED) is 0.913. The van der Waals surface area contributed by atoms with Crippen molar-refractivity contribution in [1.29, 1.82) is 0 Å². The maximum absolute atomic E-state index is 12.5. The Morgan fingerprint density at radius 2 is 2.21 bits per heavy atom. The molecule has 1 unspecified atom stereocenters. The SMILES string of the molecule is CCNC(c1occc1Br)C(F)(F)F. The van der Waals surface area contributed by atoms with E-state index in [-0.39, 0.29) is 12.3 Å². The summed E-state index contributed by atoms with van der Waals surface area (Å²) in [6, 6.07) is -0.317. The molecule has 1 atom stereocenters. The number of halogens is 4. The Balaban J connectivity index is 2.95. The Bertz CT molecular complexity index is 297. The van der Waals surface area contributed by atoms with Gasteiger partial charge in [0.25, 0.3) is 0 Å². The first-order valence-corrected chi connectivity index (χ1v) is 4.79. The van der Waals surface area contributed by atoms with Crippen LogP contribution in [0.2, 0.25) is 0 Å². The molecule has 0 spiro atoms. The van der Waals surface area contributed by atoms with Crippen LogP contribution >= 0.6 is 15.9 Å². The molecule has 1 aromatic heterocycles. The van der Waals surface area contributed by atoms with Crippen LogP contribution in [0.25, 0.3) is 0 Å². The summed E-state index contributed by atoms with van der Waals surface area (Å²) in [7, 11) is 0. The van der Waals surface area contributed by atoms with E-state index in [2.05, 4.69) is 21.2 Å². The van der Waals surface area contributed by atoms with Gasteiger partial charge < -0.3 is 9.73 Å². The summed E-state index contributed by atoms with van der Waals surface area (Å²) in [4.78, 5) is 0. The summed E-state index contributed by atoms with van der Waals surface area (Å²) in [6.07, 6.45) is -3.13. The van der Waals surface area contributed by atoms with Crippen molar-refractivity contribution in [3.8, 4) is 0 Å². The topological polar surface area (TPSA) is 25.2 Å². The molecule has 6 heteroatoms. The fraction of sp³-hybridized carbons (Fsp3) is 0.500. The van der Waals surface area contributed by atoms with E-state index in [4.69, 9.17) is 4.42 Å². The highest BCUT2D eigenvalue weighted by molar-refractivity contribution is 9.10. The van der Waals surface area contributed by atoms with Crippen molar-refractivity contribution in [2.45, 2.75) is 19.1 Å². The van der Waals surface area contributed by atoms with E-state index in [0.717, 1.165) is 0 Å². The molecular weight excluding hydrogens is 263 g/mol. The van der Waals surface area contributed by atoms with Crippen LogP contribution in [-0.2, 0) is 0 Å². The molecule has 1 rings (SSSR count). The van der Waals surface area contributed by atoms with Gasteiger partial charge in [-0.15, -0.1) is 0 Å². The van der Waals surface area contributed by atoms with Gasteiger partial charge in [0.05, 0.1) is 10.7 Å². The zero-order valence-electron chi connectivity index (χ0n) is 7.36. The lowest BCUT2D eigenvalue weighted by Crippen LogP contribution is -2.33. The fourth-order valence-corrected chi connectivity index (χ4v) is 1.50. The number of nitrogens with one attached hydrogen (secondary N) is 1. The van der Waals surface area contributed by atoms with Crippen molar-refractivity contribution >= 4 is 15.9 Å². The van der Waals surface area contributed by atoms with Crippen molar-refractivity contribution in [2.75, 3.05) is 6.54 Å². The number of hydrogen-bond acceptors (Lipinski definition) is 2. The molecule has 0 amide bonds. The van der Waals surface area contributed by atoms with Crippen LogP contribution in [0.15, 0.2) is 21.2 Å². The third-order valence-corrected chi connectivity index (χ3v) is 2.30. The van der Waals surface area contributed by atoms with Gasteiger partial charge in [0, 0.05) is 0 Å². The minimum Gasteiger partial charge on any atom is -0.466 e. The second kappa shape index (κ2) is 4.35. The molecule has 14 heavy (non-hydrogen) atoms. The van der Waals surface area contributed by atoms with Crippen LogP contribution in [0.3, 0.4) is 0 Å². The van der Waals surface area contributed by atoms with Crippen LogP contribution < -0.4 is 5.32 Å². The molecule has 0 bridgehead atoms. The first kappa shape index (κ1) is 11.6. The van der Waals surface area contributed by atoms with Gasteiger partial charge in [-0.2, -0.15) is 13.2 Å². The average Bonchev–Trinajstić information content (AvgIpc) is 2.45. The predicted molar refractivity (Wildman–Crippen MR) is 48.9 cm³/mol. The summed E-state index contributed by atoms with van der Waals surface area (Å²) < 4.78 is 42.6. The second-order valence-corrected chi connectivity index (χ2v) is 3.52. The second-order valence-electron chi connectivity index (χ2n) is 2.67. The molecule has 80 valence electrons. The molecule has 2 nitrogen and oxygen atoms in total. The van der Waals surface area contributed by atoms with Crippen LogP contribution in [-0.4, -0.2) is 12.7 Å². The van der Waals surface area contributed by atoms with E-state index in [1.807, 2.05) is 0 Å². The first-order chi connectivity index (χ1) is 6.46. The first-order valence-electron chi connectivity index (χ1n) is 3.99. The van der Waals surface area contributed by atoms with Gasteiger partial charge in [-0.25, -0.2) is 0 Å². The molecule has 0 aliphatic heterocycles. The van der Waals surface area contributed by atoms with Gasteiger partial charge in [0.1, 0.15) is 5.76 Å². The molecule has 0 saturated heterocycles. The standard InChI is InChI=1S/C8H9BrF3NO/c1-2-13-7(8(10,11)12)6-5(9)3-4-14-6/h3-4,7,13H,2H2,1H3. The van der Waals surface area contributed by atoms with Crippen LogP contribution in [0, 0.1) is 0 Å². The van der Waals surface area contributed by atoms with E-state index in [9.17, 15) is 13.2 Å². The lowest BCUT2D eigenvalue weighted by Gasteiger charge is -2.19. The van der Waals surface area contributed by atoms with Crippen LogP contribution in [0.1, 0.15) is 18.7 Å². The monoisotopic (exact) mass is 271 g/mol. The Morgan fingerprint density at radius 1 is 1.57 bits per heavy atom. The van der Waals surface area contributed by atoms with Crippen molar-refractivity contribution in [1.82, 2.24) is 5.32 Å². The third kappa shape index (κ3) is 2.51. The predicted octanol–water partition coefficient (Wildman–Crippen LogP) is 3.26. The highest BCUT2D eigenvalue weighted by atomic mass is 79.9. The highest BCUT2D eigenvalue weighted by Crippen LogP contribution is 2.36. The molecule has 0 saturated carbocycles. The summed E-state index contributed by atoms with van der Waals surface area (Å²) in [5, 5.41) is 2.32. The largest absolute Gasteiger partial charge is 0.466 e. The molecule has 1 N–H and O–H groups in total. The summed E-state index contributed by atoms with van der Waals surface area (Å²) in [6.45, 7) is 1.83. The number of furan rings is 1. The Labute approximate surface area is 87.6 Å². The Hall–Kier alpha value is -0.490. The Kier molecular flexibility index (Phi) is 3.60. The van der Waals surface area contributed by atoms with Gasteiger partial charge in [-0.05, 0) is 28.5 Å². The van der Waals surface area contributed by atoms with Crippen LogP contribution in [0.4, 0.5) is 13.2 Å². The van der Waals surface area contributed by atoms with Crippen LogP contribution in [0.5, 0.6) is 0 Å². The number of rotatable bonds is 3. The van der Waals surface area contributed by atoms with E-state index < -0.39 is 12.2 Å². The van der Waals surface area contributed by atoms with Crippen molar-refractivity contribution < 1.29 is 17.6 Å². The van der Waals surface area contributed by atoms with Gasteiger partial charge in [0.15, 0.2) is 6.04 Å². The van der Waals surface area contributed by atoms with Gasteiger partial charge >= 0.3 is 6.18 Å². The van der Waals surface area contributed by atoms with E-state index in [0.29, 0.717) is 4.47 Å². The fourth-order valence-electron chi connectivity index (χ4n) is 1.07. The minimum absolute atomic E-state index is 0.139. The summed E-state index contributed by atoms with van der Waals surface area (Å²) in [5.41, 5.74) is 0. The minimum atomic E-state index is -4.35. The Morgan fingerprint density at radius 3 is 2.57 bits per heavy atom. The van der Waals surface area contributed by atoms with E-state index in [1.54, 1.807) is 6.92 Å². The zero-order valence-corrected chi connectivity index (χ0v) is 8.95. The normalized spacial score (nSPS) is 14.4. The number of alkyl halides is 3. The molecule has 1 heterocycles. The van der Waals surface area contributed by atoms with Crippen molar-refractivity contribution in [2.24, 2.45) is 0 Å². The smallest absolute Gasteiger partial charge is 0.411 e. The molecule has 0 aliphatic carbocycles. The van der Waals surface area contributed by atoms with Gasteiger partial charge in [-0.3, -0.25) is 0 Å².